The minimum atomic E-state index is -3.54. The van der Waals surface area contributed by atoms with Crippen LogP contribution in [0.2, 0.25) is 0 Å². The van der Waals surface area contributed by atoms with Crippen molar-refractivity contribution < 1.29 is 13.5 Å². The van der Waals surface area contributed by atoms with E-state index in [1.165, 1.54) is 6.07 Å². The average molecular weight is 283 g/mol. The lowest BCUT2D eigenvalue weighted by atomic mass is 10.0. The molecule has 19 heavy (non-hydrogen) atoms. The normalized spacial score (nSPS) is 18.3. The fourth-order valence-electron chi connectivity index (χ4n) is 2.24. The van der Waals surface area contributed by atoms with E-state index in [2.05, 4.69) is 4.72 Å². The van der Waals surface area contributed by atoms with Crippen molar-refractivity contribution in [2.24, 2.45) is 5.92 Å². The van der Waals surface area contributed by atoms with Crippen LogP contribution in [0.5, 0.6) is 0 Å². The number of hydrogen-bond acceptors (Lipinski definition) is 3. The first-order valence-electron chi connectivity index (χ1n) is 6.54. The average Bonchev–Trinajstić information content (AvgIpc) is 3.11. The van der Waals surface area contributed by atoms with Crippen LogP contribution in [0.1, 0.15) is 45.3 Å². The third-order valence-corrected chi connectivity index (χ3v) is 5.32. The Bertz CT molecular complexity index is 560. The van der Waals surface area contributed by atoms with E-state index < -0.39 is 21.7 Å². The minimum absolute atomic E-state index is 0.208. The molecule has 0 amide bonds. The standard InChI is InChI=1S/C14H21NO3S/c1-10(16)11-5-4-6-13(9-11)19(17,18)15-14(2,3)12-7-8-12/h4-6,9-10,12,15-16H,7-8H2,1-3H3. The number of benzene rings is 1. The highest BCUT2D eigenvalue weighted by atomic mass is 32.2. The van der Waals surface area contributed by atoms with E-state index in [-0.39, 0.29) is 4.90 Å². The van der Waals surface area contributed by atoms with E-state index >= 15 is 0 Å². The van der Waals surface area contributed by atoms with E-state index in [1.54, 1.807) is 25.1 Å². The lowest BCUT2D eigenvalue weighted by Gasteiger charge is -2.26. The molecule has 0 spiro atoms. The Morgan fingerprint density at radius 3 is 2.53 bits per heavy atom. The van der Waals surface area contributed by atoms with Gasteiger partial charge in [0.1, 0.15) is 0 Å². The molecule has 1 aromatic rings. The summed E-state index contributed by atoms with van der Waals surface area (Å²) in [5.74, 6) is 0.419. The summed E-state index contributed by atoms with van der Waals surface area (Å²) in [5.41, 5.74) is 0.187. The monoisotopic (exact) mass is 283 g/mol. The molecule has 2 rings (SSSR count). The molecule has 0 heterocycles. The van der Waals surface area contributed by atoms with Gasteiger partial charge in [-0.25, -0.2) is 13.1 Å². The SMILES string of the molecule is CC(O)c1cccc(S(=O)(=O)NC(C)(C)C2CC2)c1. The second-order valence-corrected chi connectivity index (χ2v) is 7.53. The van der Waals surface area contributed by atoms with Crippen molar-refractivity contribution in [3.63, 3.8) is 0 Å². The number of aliphatic hydroxyl groups is 1. The quantitative estimate of drug-likeness (QED) is 0.870. The molecule has 0 saturated heterocycles. The first-order valence-corrected chi connectivity index (χ1v) is 8.03. The van der Waals surface area contributed by atoms with Gasteiger partial charge in [0, 0.05) is 5.54 Å². The van der Waals surface area contributed by atoms with Gasteiger partial charge in [-0.05, 0) is 57.2 Å². The summed E-state index contributed by atoms with van der Waals surface area (Å²) in [7, 11) is -3.54. The zero-order valence-electron chi connectivity index (χ0n) is 11.6. The van der Waals surface area contributed by atoms with Crippen LogP contribution in [0.25, 0.3) is 0 Å². The molecule has 0 radical (unpaired) electrons. The highest BCUT2D eigenvalue weighted by Gasteiger charge is 2.40. The van der Waals surface area contributed by atoms with Crippen LogP contribution in [0.4, 0.5) is 0 Å². The van der Waals surface area contributed by atoms with Crippen LogP contribution in [0.15, 0.2) is 29.2 Å². The molecule has 1 aromatic carbocycles. The summed E-state index contributed by atoms with van der Waals surface area (Å²) < 4.78 is 27.5. The molecule has 1 aliphatic rings. The predicted molar refractivity (Wildman–Crippen MR) is 74.2 cm³/mol. The lowest BCUT2D eigenvalue weighted by Crippen LogP contribution is -2.45. The predicted octanol–water partition coefficient (Wildman–Crippen LogP) is 2.21. The van der Waals surface area contributed by atoms with Crippen molar-refractivity contribution in [1.29, 1.82) is 0 Å². The Hall–Kier alpha value is -0.910. The van der Waals surface area contributed by atoms with Crippen LogP contribution in [-0.2, 0) is 10.0 Å². The van der Waals surface area contributed by atoms with Crippen molar-refractivity contribution in [1.82, 2.24) is 4.72 Å². The molecular weight excluding hydrogens is 262 g/mol. The van der Waals surface area contributed by atoms with Gasteiger partial charge in [-0.15, -0.1) is 0 Å². The highest BCUT2D eigenvalue weighted by molar-refractivity contribution is 7.89. The fraction of sp³-hybridized carbons (Fsp3) is 0.571. The molecule has 1 fully saturated rings. The van der Waals surface area contributed by atoms with Gasteiger partial charge in [0.15, 0.2) is 0 Å². The summed E-state index contributed by atoms with van der Waals surface area (Å²) in [5, 5.41) is 9.53. The van der Waals surface area contributed by atoms with Gasteiger partial charge in [0.25, 0.3) is 0 Å². The molecular formula is C14H21NO3S. The zero-order valence-corrected chi connectivity index (χ0v) is 12.4. The number of nitrogens with one attached hydrogen (secondary N) is 1. The Morgan fingerprint density at radius 1 is 1.37 bits per heavy atom. The lowest BCUT2D eigenvalue weighted by molar-refractivity contribution is 0.199. The van der Waals surface area contributed by atoms with Gasteiger partial charge >= 0.3 is 0 Å². The highest BCUT2D eigenvalue weighted by Crippen LogP contribution is 2.39. The maximum atomic E-state index is 12.4. The summed E-state index contributed by atoms with van der Waals surface area (Å²) >= 11 is 0. The second-order valence-electron chi connectivity index (χ2n) is 5.85. The Kier molecular flexibility index (Phi) is 3.73. The van der Waals surface area contributed by atoms with Crippen LogP contribution in [0, 0.1) is 5.92 Å². The van der Waals surface area contributed by atoms with Crippen LogP contribution in [-0.4, -0.2) is 19.1 Å². The molecule has 0 aliphatic heterocycles. The summed E-state index contributed by atoms with van der Waals surface area (Å²) in [6.45, 7) is 5.45. The van der Waals surface area contributed by atoms with Crippen LogP contribution in [0.3, 0.4) is 0 Å². The largest absolute Gasteiger partial charge is 0.389 e. The molecule has 2 N–H and O–H groups in total. The minimum Gasteiger partial charge on any atom is -0.389 e. The molecule has 4 nitrogen and oxygen atoms in total. The third-order valence-electron chi connectivity index (χ3n) is 3.65. The van der Waals surface area contributed by atoms with Crippen LogP contribution >= 0.6 is 0 Å². The number of rotatable bonds is 5. The maximum Gasteiger partial charge on any atom is 0.241 e. The smallest absolute Gasteiger partial charge is 0.241 e. The Labute approximate surface area is 114 Å². The summed E-state index contributed by atoms with van der Waals surface area (Å²) in [4.78, 5) is 0.208. The Balaban J connectivity index is 2.26. The molecule has 1 atom stereocenters. The maximum absolute atomic E-state index is 12.4. The van der Waals surface area contributed by atoms with E-state index in [1.807, 2.05) is 13.8 Å². The van der Waals surface area contributed by atoms with Crippen LogP contribution < -0.4 is 4.72 Å². The van der Waals surface area contributed by atoms with Gasteiger partial charge in [0.2, 0.25) is 10.0 Å². The topological polar surface area (TPSA) is 66.4 Å². The molecule has 106 valence electrons. The summed E-state index contributed by atoms with van der Waals surface area (Å²) in [6.07, 6.45) is 1.47. The molecule has 1 saturated carbocycles. The molecule has 1 unspecified atom stereocenters. The molecule has 0 bridgehead atoms. The molecule has 5 heteroatoms. The van der Waals surface area contributed by atoms with Gasteiger partial charge in [-0.2, -0.15) is 0 Å². The van der Waals surface area contributed by atoms with Gasteiger partial charge in [-0.1, -0.05) is 12.1 Å². The van der Waals surface area contributed by atoms with E-state index in [0.29, 0.717) is 11.5 Å². The fourth-order valence-corrected chi connectivity index (χ4v) is 3.76. The number of aliphatic hydroxyl groups excluding tert-OH is 1. The third kappa shape index (κ3) is 3.35. The van der Waals surface area contributed by atoms with Gasteiger partial charge in [-0.3, -0.25) is 0 Å². The molecule has 0 aromatic heterocycles. The first-order chi connectivity index (χ1) is 8.72. The van der Waals surface area contributed by atoms with E-state index in [9.17, 15) is 13.5 Å². The zero-order chi connectivity index (χ0) is 14.3. The molecule has 1 aliphatic carbocycles. The first kappa shape index (κ1) is 14.5. The second kappa shape index (κ2) is 4.89. The van der Waals surface area contributed by atoms with Gasteiger partial charge < -0.3 is 5.11 Å². The van der Waals surface area contributed by atoms with E-state index in [4.69, 9.17) is 0 Å². The number of sulfonamides is 1. The van der Waals surface area contributed by atoms with Crippen molar-refractivity contribution in [3.05, 3.63) is 29.8 Å². The van der Waals surface area contributed by atoms with Crippen molar-refractivity contribution in [2.45, 2.75) is 50.2 Å². The summed E-state index contributed by atoms with van der Waals surface area (Å²) in [6, 6.07) is 6.45. The van der Waals surface area contributed by atoms with Crippen molar-refractivity contribution >= 4 is 10.0 Å². The van der Waals surface area contributed by atoms with E-state index in [0.717, 1.165) is 12.8 Å². The number of hydrogen-bond donors (Lipinski definition) is 2. The van der Waals surface area contributed by atoms with Crippen molar-refractivity contribution in [2.75, 3.05) is 0 Å². The van der Waals surface area contributed by atoms with Gasteiger partial charge in [0.05, 0.1) is 11.0 Å². The van der Waals surface area contributed by atoms with Crippen molar-refractivity contribution in [3.8, 4) is 0 Å². The Morgan fingerprint density at radius 2 is 2.00 bits per heavy atom.